The fraction of sp³-hybridized carbons (Fsp3) is 0.692. The minimum absolute atomic E-state index is 0.0245. The zero-order chi connectivity index (χ0) is 15.4. The van der Waals surface area contributed by atoms with Crippen LogP contribution in [0, 0.1) is 23.0 Å². The largest absolute Gasteiger partial charge is 0.381 e. The topological polar surface area (TPSA) is 93.4 Å². The summed E-state index contributed by atoms with van der Waals surface area (Å²) in [6.45, 7) is 3.87. The summed E-state index contributed by atoms with van der Waals surface area (Å²) in [5, 5.41) is 14.1. The molecule has 0 bridgehead atoms. The number of rotatable bonds is 5. The first-order chi connectivity index (χ1) is 10.0. The van der Waals surface area contributed by atoms with E-state index in [4.69, 9.17) is 4.74 Å². The van der Waals surface area contributed by atoms with Crippen LogP contribution in [-0.2, 0) is 4.74 Å². The number of anilines is 2. The van der Waals surface area contributed by atoms with Crippen LogP contribution < -0.4 is 10.2 Å². The van der Waals surface area contributed by atoms with E-state index in [1.165, 1.54) is 0 Å². The van der Waals surface area contributed by atoms with E-state index < -0.39 is 4.92 Å². The van der Waals surface area contributed by atoms with Gasteiger partial charge in [-0.3, -0.25) is 10.1 Å². The molecule has 0 atom stereocenters. The van der Waals surface area contributed by atoms with Gasteiger partial charge in [0.05, 0.1) is 4.92 Å². The van der Waals surface area contributed by atoms with Gasteiger partial charge in [-0.05, 0) is 25.7 Å². The van der Waals surface area contributed by atoms with Crippen LogP contribution in [0.4, 0.5) is 17.5 Å². The van der Waals surface area contributed by atoms with Gasteiger partial charge in [-0.15, -0.1) is 0 Å². The molecule has 0 spiro atoms. The van der Waals surface area contributed by atoms with E-state index in [-0.39, 0.29) is 5.69 Å². The van der Waals surface area contributed by atoms with E-state index in [2.05, 4.69) is 15.3 Å². The second-order valence-corrected chi connectivity index (χ2v) is 5.25. The third-order valence-electron chi connectivity index (χ3n) is 3.68. The summed E-state index contributed by atoms with van der Waals surface area (Å²) in [6.07, 6.45) is 1.95. The van der Waals surface area contributed by atoms with E-state index in [0.717, 1.165) is 32.6 Å². The fourth-order valence-corrected chi connectivity index (χ4v) is 2.55. The Morgan fingerprint density at radius 1 is 1.43 bits per heavy atom. The summed E-state index contributed by atoms with van der Waals surface area (Å²) >= 11 is 0. The second kappa shape index (κ2) is 6.66. The molecular weight excluding hydrogens is 274 g/mol. The highest BCUT2D eigenvalue weighted by molar-refractivity contribution is 5.62. The van der Waals surface area contributed by atoms with Crippen LogP contribution in [-0.4, -0.2) is 48.7 Å². The Balaban J connectivity index is 2.26. The van der Waals surface area contributed by atoms with Crippen molar-refractivity contribution >= 4 is 17.5 Å². The molecule has 2 rings (SSSR count). The van der Waals surface area contributed by atoms with Gasteiger partial charge in [0.1, 0.15) is 5.69 Å². The molecule has 0 aromatic carbocycles. The summed E-state index contributed by atoms with van der Waals surface area (Å²) < 4.78 is 5.34. The number of ether oxygens (including phenoxy) is 1. The van der Waals surface area contributed by atoms with Crippen molar-refractivity contribution in [3.8, 4) is 0 Å². The molecule has 1 fully saturated rings. The lowest BCUT2D eigenvalue weighted by Gasteiger charge is -2.27. The van der Waals surface area contributed by atoms with Gasteiger partial charge >= 0.3 is 5.69 Å². The third-order valence-corrected chi connectivity index (χ3v) is 3.68. The van der Waals surface area contributed by atoms with E-state index in [0.29, 0.717) is 23.4 Å². The number of nitrogens with one attached hydrogen (secondary N) is 1. The van der Waals surface area contributed by atoms with E-state index in [1.807, 2.05) is 11.9 Å². The molecule has 1 aliphatic heterocycles. The van der Waals surface area contributed by atoms with Gasteiger partial charge in [-0.2, -0.15) is 4.98 Å². The van der Waals surface area contributed by atoms with Gasteiger partial charge in [-0.25, -0.2) is 4.98 Å². The average Bonchev–Trinajstić information content (AvgIpc) is 2.46. The van der Waals surface area contributed by atoms with Crippen LogP contribution in [0.5, 0.6) is 0 Å². The molecule has 0 unspecified atom stereocenters. The van der Waals surface area contributed by atoms with Crippen molar-refractivity contribution in [2.24, 2.45) is 5.92 Å². The maximum atomic E-state index is 11.3. The lowest BCUT2D eigenvalue weighted by molar-refractivity contribution is -0.385. The molecule has 1 aliphatic rings. The quantitative estimate of drug-likeness (QED) is 0.651. The van der Waals surface area contributed by atoms with E-state index in [9.17, 15) is 10.1 Å². The van der Waals surface area contributed by atoms with Gasteiger partial charge in [0.15, 0.2) is 0 Å². The molecule has 0 saturated carbocycles. The van der Waals surface area contributed by atoms with Crippen LogP contribution in [0.15, 0.2) is 0 Å². The first-order valence-corrected chi connectivity index (χ1v) is 7.02. The Morgan fingerprint density at radius 3 is 2.67 bits per heavy atom. The maximum Gasteiger partial charge on any atom is 0.332 e. The minimum Gasteiger partial charge on any atom is -0.381 e. The number of hydrogen-bond donors (Lipinski definition) is 1. The Hall–Kier alpha value is -1.96. The lowest BCUT2D eigenvalue weighted by Crippen LogP contribution is -2.31. The molecule has 116 valence electrons. The highest BCUT2D eigenvalue weighted by atomic mass is 16.6. The molecule has 1 aromatic heterocycles. The van der Waals surface area contributed by atoms with Gasteiger partial charge in [-0.1, -0.05) is 0 Å². The normalized spacial score (nSPS) is 15.8. The monoisotopic (exact) mass is 295 g/mol. The zero-order valence-electron chi connectivity index (χ0n) is 12.6. The summed E-state index contributed by atoms with van der Waals surface area (Å²) in [4.78, 5) is 21.1. The molecule has 0 amide bonds. The highest BCUT2D eigenvalue weighted by Gasteiger charge is 2.26. The van der Waals surface area contributed by atoms with Crippen molar-refractivity contribution in [1.82, 2.24) is 9.97 Å². The summed E-state index contributed by atoms with van der Waals surface area (Å²) in [6, 6.07) is 0. The first kappa shape index (κ1) is 15.4. The Kier molecular flexibility index (Phi) is 4.89. The molecule has 2 heterocycles. The van der Waals surface area contributed by atoms with E-state index >= 15 is 0 Å². The number of nitro groups is 1. The van der Waals surface area contributed by atoms with Crippen molar-refractivity contribution in [2.45, 2.75) is 19.8 Å². The smallest absolute Gasteiger partial charge is 0.332 e. The zero-order valence-corrected chi connectivity index (χ0v) is 12.6. The summed E-state index contributed by atoms with van der Waals surface area (Å²) in [5.74, 6) is 1.23. The van der Waals surface area contributed by atoms with Gasteiger partial charge in [0.2, 0.25) is 11.8 Å². The van der Waals surface area contributed by atoms with Crippen molar-refractivity contribution in [1.29, 1.82) is 0 Å². The van der Waals surface area contributed by atoms with Gasteiger partial charge < -0.3 is 15.0 Å². The van der Waals surface area contributed by atoms with Crippen molar-refractivity contribution in [3.05, 3.63) is 15.8 Å². The Morgan fingerprint density at radius 2 is 2.10 bits per heavy atom. The highest BCUT2D eigenvalue weighted by Crippen LogP contribution is 2.30. The Labute approximate surface area is 123 Å². The van der Waals surface area contributed by atoms with Crippen LogP contribution in [0.3, 0.4) is 0 Å². The average molecular weight is 295 g/mol. The first-order valence-electron chi connectivity index (χ1n) is 7.02. The van der Waals surface area contributed by atoms with Crippen LogP contribution in [0.2, 0.25) is 0 Å². The van der Waals surface area contributed by atoms with Crippen LogP contribution in [0.1, 0.15) is 18.5 Å². The molecule has 1 saturated heterocycles. The molecule has 8 nitrogen and oxygen atoms in total. The number of aryl methyl sites for hydroxylation is 1. The minimum atomic E-state index is -0.412. The van der Waals surface area contributed by atoms with Crippen molar-refractivity contribution < 1.29 is 9.66 Å². The Bertz CT molecular complexity index is 517. The second-order valence-electron chi connectivity index (χ2n) is 5.25. The van der Waals surface area contributed by atoms with Crippen LogP contribution >= 0.6 is 0 Å². The maximum absolute atomic E-state index is 11.3. The number of nitrogens with zero attached hydrogens (tertiary/aromatic N) is 4. The molecular formula is C13H21N5O3. The molecule has 1 aromatic rings. The molecule has 1 N–H and O–H groups in total. The van der Waals surface area contributed by atoms with Crippen molar-refractivity contribution in [2.75, 3.05) is 44.1 Å². The fourth-order valence-electron chi connectivity index (χ4n) is 2.55. The third kappa shape index (κ3) is 3.57. The van der Waals surface area contributed by atoms with E-state index in [1.54, 1.807) is 14.0 Å². The predicted octanol–water partition coefficient (Wildman–Crippen LogP) is 1.60. The number of aromatic nitrogens is 2. The molecule has 8 heteroatoms. The van der Waals surface area contributed by atoms with Crippen molar-refractivity contribution in [3.63, 3.8) is 0 Å². The van der Waals surface area contributed by atoms with Gasteiger partial charge in [0, 0.05) is 33.9 Å². The number of hydrogen-bond acceptors (Lipinski definition) is 7. The lowest BCUT2D eigenvalue weighted by atomic mass is 10.00. The van der Waals surface area contributed by atoms with Crippen LogP contribution in [0.25, 0.3) is 0 Å². The molecule has 21 heavy (non-hydrogen) atoms. The summed E-state index contributed by atoms with van der Waals surface area (Å²) in [7, 11) is 3.53. The standard InChI is InChI=1S/C13H21N5O3/c1-9-11(18(19)20)12(16-13(14-2)15-9)17(3)8-10-4-6-21-7-5-10/h10H,4-8H2,1-3H3,(H,14,15,16). The van der Waals surface area contributed by atoms with Gasteiger partial charge in [0.25, 0.3) is 0 Å². The molecule has 0 aliphatic carbocycles. The summed E-state index contributed by atoms with van der Waals surface area (Å²) in [5.41, 5.74) is 0.344. The predicted molar refractivity (Wildman–Crippen MR) is 79.8 cm³/mol. The SMILES string of the molecule is CNc1nc(C)c([N+](=O)[O-])c(N(C)CC2CCOCC2)n1. The molecule has 0 radical (unpaired) electrons.